The van der Waals surface area contributed by atoms with Gasteiger partial charge in [0.1, 0.15) is 5.75 Å². The molecular weight excluding hydrogens is 451 g/mol. The first-order valence-electron chi connectivity index (χ1n) is 9.26. The van der Waals surface area contributed by atoms with Crippen molar-refractivity contribution in [3.63, 3.8) is 0 Å². The molecule has 1 aliphatic heterocycles. The highest BCUT2D eigenvalue weighted by molar-refractivity contribution is 7.89. The van der Waals surface area contributed by atoms with E-state index in [4.69, 9.17) is 32.7 Å². The van der Waals surface area contributed by atoms with Gasteiger partial charge in [0.2, 0.25) is 10.0 Å². The van der Waals surface area contributed by atoms with Crippen molar-refractivity contribution < 1.29 is 22.7 Å². The van der Waals surface area contributed by atoms with E-state index >= 15 is 0 Å². The molecule has 0 radical (unpaired) electrons. The molecule has 1 fully saturated rings. The molecule has 2 atom stereocenters. The lowest BCUT2D eigenvalue weighted by Gasteiger charge is -2.26. The van der Waals surface area contributed by atoms with Crippen LogP contribution in [0.2, 0.25) is 10.0 Å². The van der Waals surface area contributed by atoms with E-state index in [0.717, 1.165) is 11.8 Å². The molecular formula is C20H22Cl2N2O5S. The summed E-state index contributed by atoms with van der Waals surface area (Å²) in [6.45, 7) is 2.08. The summed E-state index contributed by atoms with van der Waals surface area (Å²) in [6.07, 6.45) is 0.636. The standard InChI is InChI=1S/C20H22Cl2N2O5S/c1-30(26,27)24-20(25)15-4-2-3-5-18(15)29-12-14-11-23-8-9-28-19(14)13-6-7-16(21)17(22)10-13/h2-7,10,14,19,23H,8-9,11-12H2,1H3,(H,24,25)/t14-,19-/m0/s1. The highest BCUT2D eigenvalue weighted by Gasteiger charge is 2.28. The van der Waals surface area contributed by atoms with Crippen LogP contribution in [0.4, 0.5) is 0 Å². The minimum atomic E-state index is -3.69. The Hall–Kier alpha value is -1.84. The molecule has 1 saturated heterocycles. The van der Waals surface area contributed by atoms with Crippen molar-refractivity contribution in [3.8, 4) is 5.75 Å². The van der Waals surface area contributed by atoms with Gasteiger partial charge in [0.15, 0.2) is 0 Å². The molecule has 2 aromatic carbocycles. The second-order valence-corrected chi connectivity index (χ2v) is 9.50. The van der Waals surface area contributed by atoms with Crippen molar-refractivity contribution in [2.75, 3.05) is 32.6 Å². The number of rotatable bonds is 6. The van der Waals surface area contributed by atoms with Crippen LogP contribution in [-0.4, -0.2) is 46.9 Å². The molecule has 2 aromatic rings. The fourth-order valence-electron chi connectivity index (χ4n) is 3.19. The second-order valence-electron chi connectivity index (χ2n) is 6.94. The van der Waals surface area contributed by atoms with Gasteiger partial charge in [0.05, 0.1) is 41.2 Å². The van der Waals surface area contributed by atoms with E-state index in [1.807, 2.05) is 10.8 Å². The topological polar surface area (TPSA) is 93.7 Å². The molecule has 0 bridgehead atoms. The number of nitrogens with one attached hydrogen (secondary N) is 2. The minimum absolute atomic E-state index is 0.0873. The normalized spacial score (nSPS) is 19.7. The van der Waals surface area contributed by atoms with E-state index in [0.29, 0.717) is 29.7 Å². The zero-order chi connectivity index (χ0) is 21.7. The Bertz CT molecular complexity index is 1020. The van der Waals surface area contributed by atoms with Crippen molar-refractivity contribution in [1.82, 2.24) is 10.0 Å². The van der Waals surface area contributed by atoms with Gasteiger partial charge in [0.25, 0.3) is 5.91 Å². The summed E-state index contributed by atoms with van der Waals surface area (Å²) >= 11 is 12.2. The van der Waals surface area contributed by atoms with Gasteiger partial charge >= 0.3 is 0 Å². The third-order valence-corrected chi connectivity index (χ3v) is 5.84. The Labute approximate surface area is 185 Å². The van der Waals surface area contributed by atoms with Gasteiger partial charge in [0, 0.05) is 19.0 Å². The van der Waals surface area contributed by atoms with E-state index < -0.39 is 15.9 Å². The summed E-state index contributed by atoms with van der Waals surface area (Å²) in [6, 6.07) is 11.9. The molecule has 0 spiro atoms. The minimum Gasteiger partial charge on any atom is -0.492 e. The van der Waals surface area contributed by atoms with Gasteiger partial charge in [-0.3, -0.25) is 4.79 Å². The maximum atomic E-state index is 12.3. The van der Waals surface area contributed by atoms with Crippen LogP contribution in [0.5, 0.6) is 5.75 Å². The highest BCUT2D eigenvalue weighted by atomic mass is 35.5. The third kappa shape index (κ3) is 6.09. The zero-order valence-electron chi connectivity index (χ0n) is 16.2. The van der Waals surface area contributed by atoms with Gasteiger partial charge in [-0.25, -0.2) is 13.1 Å². The van der Waals surface area contributed by atoms with Gasteiger partial charge < -0.3 is 14.8 Å². The first kappa shape index (κ1) is 22.8. The van der Waals surface area contributed by atoms with Crippen LogP contribution < -0.4 is 14.8 Å². The molecule has 162 valence electrons. The molecule has 10 heteroatoms. The molecule has 2 N–H and O–H groups in total. The molecule has 0 saturated carbocycles. The first-order chi connectivity index (χ1) is 14.2. The van der Waals surface area contributed by atoms with Crippen LogP contribution in [0.1, 0.15) is 22.0 Å². The lowest BCUT2D eigenvalue weighted by atomic mass is 9.96. The van der Waals surface area contributed by atoms with Crippen LogP contribution >= 0.6 is 23.2 Å². The van der Waals surface area contributed by atoms with E-state index in [-0.39, 0.29) is 29.9 Å². The van der Waals surface area contributed by atoms with Crippen molar-refractivity contribution in [2.24, 2.45) is 5.92 Å². The molecule has 7 nitrogen and oxygen atoms in total. The molecule has 0 unspecified atom stereocenters. The summed E-state index contributed by atoms with van der Waals surface area (Å²) in [5, 5.41) is 4.21. The summed E-state index contributed by atoms with van der Waals surface area (Å²) in [7, 11) is -3.69. The SMILES string of the molecule is CS(=O)(=O)NC(=O)c1ccccc1OC[C@@H]1CNCCO[C@H]1c1ccc(Cl)c(Cl)c1. The molecule has 0 aromatic heterocycles. The number of ether oxygens (including phenoxy) is 2. The van der Waals surface area contributed by atoms with E-state index in [2.05, 4.69) is 5.32 Å². The van der Waals surface area contributed by atoms with Crippen LogP contribution in [0.3, 0.4) is 0 Å². The van der Waals surface area contributed by atoms with Crippen LogP contribution in [-0.2, 0) is 14.8 Å². The van der Waals surface area contributed by atoms with Gasteiger partial charge in [-0.1, -0.05) is 41.4 Å². The average molecular weight is 473 g/mol. The Morgan fingerprint density at radius 2 is 2.00 bits per heavy atom. The summed E-state index contributed by atoms with van der Waals surface area (Å²) in [5.74, 6) is -0.545. The number of benzene rings is 2. The van der Waals surface area contributed by atoms with Crippen LogP contribution in [0.25, 0.3) is 0 Å². The first-order valence-corrected chi connectivity index (χ1v) is 11.9. The molecule has 1 heterocycles. The Morgan fingerprint density at radius 1 is 1.23 bits per heavy atom. The van der Waals surface area contributed by atoms with Crippen LogP contribution in [0.15, 0.2) is 42.5 Å². The fourth-order valence-corrected chi connectivity index (χ4v) is 3.95. The van der Waals surface area contributed by atoms with Crippen LogP contribution in [0, 0.1) is 5.92 Å². The molecule has 30 heavy (non-hydrogen) atoms. The molecule has 1 amide bonds. The Morgan fingerprint density at radius 3 is 2.73 bits per heavy atom. The number of hydrogen-bond donors (Lipinski definition) is 2. The van der Waals surface area contributed by atoms with Crippen molar-refractivity contribution in [1.29, 1.82) is 0 Å². The largest absolute Gasteiger partial charge is 0.492 e. The zero-order valence-corrected chi connectivity index (χ0v) is 18.6. The summed E-state index contributed by atoms with van der Waals surface area (Å²) in [5.41, 5.74) is 1.02. The highest BCUT2D eigenvalue weighted by Crippen LogP contribution is 2.32. The van der Waals surface area contributed by atoms with Crippen molar-refractivity contribution >= 4 is 39.1 Å². The number of sulfonamides is 1. The maximum Gasteiger partial charge on any atom is 0.268 e. The summed E-state index contributed by atoms with van der Waals surface area (Å²) in [4.78, 5) is 12.3. The second kappa shape index (κ2) is 9.98. The smallest absolute Gasteiger partial charge is 0.268 e. The van der Waals surface area contributed by atoms with Crippen molar-refractivity contribution in [2.45, 2.75) is 6.10 Å². The Balaban J connectivity index is 1.79. The number of carbonyl (C=O) groups is 1. The maximum absolute atomic E-state index is 12.3. The third-order valence-electron chi connectivity index (χ3n) is 4.55. The van der Waals surface area contributed by atoms with E-state index in [9.17, 15) is 13.2 Å². The quantitative estimate of drug-likeness (QED) is 0.670. The molecule has 1 aliphatic rings. The lowest BCUT2D eigenvalue weighted by molar-refractivity contribution is 0.0152. The van der Waals surface area contributed by atoms with Gasteiger partial charge in [-0.05, 0) is 29.8 Å². The van der Waals surface area contributed by atoms with E-state index in [1.165, 1.54) is 6.07 Å². The number of carbonyl (C=O) groups excluding carboxylic acids is 1. The van der Waals surface area contributed by atoms with Gasteiger partial charge in [-0.15, -0.1) is 0 Å². The number of para-hydroxylation sites is 1. The fraction of sp³-hybridized carbons (Fsp3) is 0.350. The molecule has 0 aliphatic carbocycles. The lowest BCUT2D eigenvalue weighted by Crippen LogP contribution is -2.31. The number of amides is 1. The number of halogens is 2. The average Bonchev–Trinajstić information content (AvgIpc) is 2.93. The monoisotopic (exact) mass is 472 g/mol. The predicted octanol–water partition coefficient (Wildman–Crippen LogP) is 3.04. The molecule has 3 rings (SSSR count). The predicted molar refractivity (Wildman–Crippen MR) is 116 cm³/mol. The van der Waals surface area contributed by atoms with E-state index in [1.54, 1.807) is 30.3 Å². The number of hydrogen-bond acceptors (Lipinski definition) is 6. The summed E-state index contributed by atoms with van der Waals surface area (Å²) < 4.78 is 36.7. The van der Waals surface area contributed by atoms with Crippen molar-refractivity contribution in [3.05, 3.63) is 63.6 Å². The van der Waals surface area contributed by atoms with Gasteiger partial charge in [-0.2, -0.15) is 0 Å². The Kier molecular flexibility index (Phi) is 7.60.